The molecule has 0 fully saturated rings. The molecule has 4 N–H and O–H groups in total. The maximum Gasteiger partial charge on any atom is 0.0648 e. The van der Waals surface area contributed by atoms with Gasteiger partial charge in [-0.25, -0.2) is 0 Å². The van der Waals surface area contributed by atoms with Gasteiger partial charge in [-0.2, -0.15) is 0 Å². The van der Waals surface area contributed by atoms with E-state index in [0.29, 0.717) is 6.61 Å². The van der Waals surface area contributed by atoms with Crippen molar-refractivity contribution in [3.8, 4) is 0 Å². The van der Waals surface area contributed by atoms with Crippen LogP contribution in [-0.4, -0.2) is 19.3 Å². The van der Waals surface area contributed by atoms with Crippen LogP contribution in [0.4, 0.5) is 5.69 Å². The molecule has 0 saturated carbocycles. The Morgan fingerprint density at radius 3 is 2.79 bits per heavy atom. The van der Waals surface area contributed by atoms with Crippen LogP contribution in [0.3, 0.4) is 0 Å². The van der Waals surface area contributed by atoms with Gasteiger partial charge >= 0.3 is 0 Å². The van der Waals surface area contributed by atoms with Crippen LogP contribution in [0.5, 0.6) is 0 Å². The molecular weight excluding hydrogens is 176 g/mol. The molecule has 76 valence electrons. The Labute approximate surface area is 84.0 Å². The lowest BCUT2D eigenvalue weighted by Gasteiger charge is -2.21. The van der Waals surface area contributed by atoms with E-state index in [4.69, 9.17) is 16.2 Å². The van der Waals surface area contributed by atoms with Crippen LogP contribution in [0.1, 0.15) is 11.1 Å². The maximum atomic E-state index is 6.20. The summed E-state index contributed by atoms with van der Waals surface area (Å²) in [5.74, 6) is 0. The zero-order valence-corrected chi connectivity index (χ0v) is 8.42. The highest BCUT2D eigenvalue weighted by atomic mass is 16.5. The van der Waals surface area contributed by atoms with Crippen LogP contribution in [0.15, 0.2) is 18.2 Å². The molecule has 0 radical (unpaired) electrons. The number of nitrogen functional groups attached to an aromatic ring is 1. The molecule has 2 rings (SSSR count). The summed E-state index contributed by atoms with van der Waals surface area (Å²) in [6.07, 6.45) is 1.75. The summed E-state index contributed by atoms with van der Waals surface area (Å²) in [6, 6.07) is 6.01. The van der Waals surface area contributed by atoms with Crippen molar-refractivity contribution in [3.05, 3.63) is 29.3 Å². The average molecular weight is 192 g/mol. The number of hydrogen-bond acceptors (Lipinski definition) is 3. The number of rotatable bonds is 2. The van der Waals surface area contributed by atoms with Crippen molar-refractivity contribution in [2.24, 2.45) is 5.73 Å². The number of nitrogens with two attached hydrogens (primary N) is 2. The fraction of sp³-hybridized carbons (Fsp3) is 0.455. The summed E-state index contributed by atoms with van der Waals surface area (Å²) in [6.45, 7) is 0.599. The van der Waals surface area contributed by atoms with Gasteiger partial charge in [0, 0.05) is 18.3 Å². The third-order valence-corrected chi connectivity index (χ3v) is 2.75. The Morgan fingerprint density at radius 2 is 2.07 bits per heavy atom. The SMILES string of the molecule is COCC1(N)Cc2ccc(N)cc2C1. The minimum atomic E-state index is -0.231. The van der Waals surface area contributed by atoms with Gasteiger partial charge < -0.3 is 16.2 Å². The maximum absolute atomic E-state index is 6.20. The van der Waals surface area contributed by atoms with Gasteiger partial charge in [0.15, 0.2) is 0 Å². The van der Waals surface area contributed by atoms with Crippen molar-refractivity contribution in [1.82, 2.24) is 0 Å². The molecule has 3 nitrogen and oxygen atoms in total. The van der Waals surface area contributed by atoms with Crippen LogP contribution in [0, 0.1) is 0 Å². The van der Waals surface area contributed by atoms with E-state index in [2.05, 4.69) is 6.07 Å². The van der Waals surface area contributed by atoms with E-state index < -0.39 is 0 Å². The first-order valence-corrected chi connectivity index (χ1v) is 4.78. The van der Waals surface area contributed by atoms with E-state index in [1.807, 2.05) is 12.1 Å². The zero-order valence-electron chi connectivity index (χ0n) is 8.42. The molecule has 0 aromatic heterocycles. The van der Waals surface area contributed by atoms with Gasteiger partial charge in [0.05, 0.1) is 6.61 Å². The monoisotopic (exact) mass is 192 g/mol. The smallest absolute Gasteiger partial charge is 0.0648 e. The van der Waals surface area contributed by atoms with E-state index >= 15 is 0 Å². The van der Waals surface area contributed by atoms with Crippen molar-refractivity contribution in [1.29, 1.82) is 0 Å². The largest absolute Gasteiger partial charge is 0.399 e. The standard InChI is InChI=1S/C11H16N2O/c1-14-7-11(13)5-8-2-3-10(12)4-9(8)6-11/h2-4H,5-7,12-13H2,1H3. The Hall–Kier alpha value is -1.06. The van der Waals surface area contributed by atoms with E-state index in [0.717, 1.165) is 18.5 Å². The highest BCUT2D eigenvalue weighted by Gasteiger charge is 2.33. The van der Waals surface area contributed by atoms with Crippen LogP contribution >= 0.6 is 0 Å². The number of fused-ring (bicyclic) bond motifs is 1. The molecule has 0 aliphatic heterocycles. The first-order valence-electron chi connectivity index (χ1n) is 4.78. The number of hydrogen-bond donors (Lipinski definition) is 2. The summed E-state index contributed by atoms with van der Waals surface area (Å²) < 4.78 is 5.13. The molecule has 0 bridgehead atoms. The van der Waals surface area contributed by atoms with E-state index in [1.165, 1.54) is 11.1 Å². The summed E-state index contributed by atoms with van der Waals surface area (Å²) in [5.41, 5.74) is 15.1. The minimum absolute atomic E-state index is 0.231. The van der Waals surface area contributed by atoms with Crippen molar-refractivity contribution in [2.75, 3.05) is 19.5 Å². The molecule has 0 saturated heterocycles. The van der Waals surface area contributed by atoms with Crippen molar-refractivity contribution in [3.63, 3.8) is 0 Å². The molecule has 0 amide bonds. The van der Waals surface area contributed by atoms with Crippen LogP contribution in [0.25, 0.3) is 0 Å². The first-order chi connectivity index (χ1) is 6.63. The van der Waals surface area contributed by atoms with Gasteiger partial charge in [-0.1, -0.05) is 6.07 Å². The van der Waals surface area contributed by atoms with Gasteiger partial charge in [-0.05, 0) is 36.1 Å². The Morgan fingerprint density at radius 1 is 1.36 bits per heavy atom. The zero-order chi connectivity index (χ0) is 10.2. The summed E-state index contributed by atoms with van der Waals surface area (Å²) in [7, 11) is 1.69. The molecule has 1 aromatic rings. The number of ether oxygens (including phenoxy) is 1. The molecule has 1 unspecified atom stereocenters. The van der Waals surface area contributed by atoms with Crippen molar-refractivity contribution >= 4 is 5.69 Å². The molecule has 14 heavy (non-hydrogen) atoms. The molecule has 0 heterocycles. The predicted molar refractivity (Wildman–Crippen MR) is 57.1 cm³/mol. The van der Waals surface area contributed by atoms with Crippen LogP contribution in [-0.2, 0) is 17.6 Å². The second kappa shape index (κ2) is 3.26. The molecule has 0 spiro atoms. The first kappa shape index (κ1) is 9.49. The molecular formula is C11H16N2O. The highest BCUT2D eigenvalue weighted by Crippen LogP contribution is 2.29. The second-order valence-corrected chi connectivity index (χ2v) is 4.18. The van der Waals surface area contributed by atoms with E-state index in [-0.39, 0.29) is 5.54 Å². The molecule has 3 heteroatoms. The Kier molecular flexibility index (Phi) is 2.21. The van der Waals surface area contributed by atoms with Gasteiger partial charge in [-0.15, -0.1) is 0 Å². The van der Waals surface area contributed by atoms with Crippen LogP contribution < -0.4 is 11.5 Å². The fourth-order valence-electron chi connectivity index (χ4n) is 2.19. The number of methoxy groups -OCH3 is 1. The Bertz CT molecular complexity index is 351. The quantitative estimate of drug-likeness (QED) is 0.678. The minimum Gasteiger partial charge on any atom is -0.399 e. The molecule has 1 aromatic carbocycles. The van der Waals surface area contributed by atoms with Gasteiger partial charge in [0.1, 0.15) is 0 Å². The predicted octanol–water partition coefficient (Wildman–Crippen LogP) is 0.711. The second-order valence-electron chi connectivity index (χ2n) is 4.18. The summed E-state index contributed by atoms with van der Waals surface area (Å²) in [4.78, 5) is 0. The van der Waals surface area contributed by atoms with Gasteiger partial charge in [0.25, 0.3) is 0 Å². The lowest BCUT2D eigenvalue weighted by atomic mass is 9.99. The molecule has 1 atom stereocenters. The van der Waals surface area contributed by atoms with Crippen molar-refractivity contribution in [2.45, 2.75) is 18.4 Å². The summed E-state index contributed by atoms with van der Waals surface area (Å²) >= 11 is 0. The highest BCUT2D eigenvalue weighted by molar-refractivity contribution is 5.48. The Balaban J connectivity index is 2.25. The topological polar surface area (TPSA) is 61.3 Å². The van der Waals surface area contributed by atoms with E-state index in [1.54, 1.807) is 7.11 Å². The number of benzene rings is 1. The molecule has 1 aliphatic rings. The normalized spacial score (nSPS) is 25.0. The number of anilines is 1. The average Bonchev–Trinajstić information content (AvgIpc) is 2.40. The summed E-state index contributed by atoms with van der Waals surface area (Å²) in [5, 5.41) is 0. The molecule has 1 aliphatic carbocycles. The third kappa shape index (κ3) is 1.61. The van der Waals surface area contributed by atoms with Gasteiger partial charge in [-0.3, -0.25) is 0 Å². The van der Waals surface area contributed by atoms with Crippen molar-refractivity contribution < 1.29 is 4.74 Å². The van der Waals surface area contributed by atoms with E-state index in [9.17, 15) is 0 Å². The fourth-order valence-corrected chi connectivity index (χ4v) is 2.19. The van der Waals surface area contributed by atoms with Crippen LogP contribution in [0.2, 0.25) is 0 Å². The third-order valence-electron chi connectivity index (χ3n) is 2.75. The lowest BCUT2D eigenvalue weighted by Crippen LogP contribution is -2.45. The van der Waals surface area contributed by atoms with Gasteiger partial charge in [0.2, 0.25) is 0 Å². The lowest BCUT2D eigenvalue weighted by molar-refractivity contribution is 0.137.